The molecule has 0 amide bonds. The fourth-order valence-electron chi connectivity index (χ4n) is 3.70. The number of nitriles is 1. The van der Waals surface area contributed by atoms with Crippen molar-refractivity contribution in [2.75, 3.05) is 29.4 Å². The van der Waals surface area contributed by atoms with Gasteiger partial charge in [0, 0.05) is 10.0 Å². The molecular formula is C20H11BrClF5N4O. The minimum atomic E-state index is -3.27. The standard InChI is InChI=1S/C20H11BrClF5N4O/c21-12-4-14-17(31-8-20(26,27)7-29-19(31)30(14)6-15(24)25)11(5-28)16(12)18(32)10-2-1-9(23)3-13(10)22/h1-4,15H,6-8H2. The van der Waals surface area contributed by atoms with Crippen molar-refractivity contribution in [1.82, 2.24) is 0 Å². The summed E-state index contributed by atoms with van der Waals surface area (Å²) in [6, 6.07) is 6.18. The fraction of sp³-hybridized carbons (Fsp3) is 0.250. The third-order valence-electron chi connectivity index (χ3n) is 4.95. The average Bonchev–Trinajstić information content (AvgIpc) is 2.97. The van der Waals surface area contributed by atoms with Gasteiger partial charge in [-0.25, -0.2) is 26.9 Å². The normalized spacial score (nSPS) is 16.5. The number of alkyl halides is 4. The monoisotopic (exact) mass is 532 g/mol. The third kappa shape index (κ3) is 3.71. The van der Waals surface area contributed by atoms with Crippen LogP contribution in [0.1, 0.15) is 21.5 Å². The minimum absolute atomic E-state index is 0.0342. The molecule has 0 radical (unpaired) electrons. The van der Waals surface area contributed by atoms with Gasteiger partial charge in [-0.05, 0) is 40.2 Å². The van der Waals surface area contributed by atoms with Gasteiger partial charge in [0.1, 0.15) is 18.4 Å². The minimum Gasteiger partial charge on any atom is -0.304 e. The molecule has 0 aliphatic carbocycles. The van der Waals surface area contributed by atoms with Crippen LogP contribution in [0.3, 0.4) is 0 Å². The number of halogens is 7. The third-order valence-corrected chi connectivity index (χ3v) is 5.89. The molecule has 2 aromatic rings. The van der Waals surface area contributed by atoms with Gasteiger partial charge in [0.15, 0.2) is 5.78 Å². The van der Waals surface area contributed by atoms with E-state index in [0.717, 1.165) is 28.0 Å². The Bertz CT molecular complexity index is 1210. The Morgan fingerprint density at radius 3 is 2.69 bits per heavy atom. The van der Waals surface area contributed by atoms with Crippen molar-refractivity contribution >= 4 is 50.6 Å². The molecule has 2 aliphatic rings. The maximum absolute atomic E-state index is 14.1. The van der Waals surface area contributed by atoms with Crippen molar-refractivity contribution in [3.63, 3.8) is 0 Å². The molecule has 0 saturated carbocycles. The maximum atomic E-state index is 14.1. The first-order valence-electron chi connectivity index (χ1n) is 9.06. The molecule has 0 atom stereocenters. The lowest BCUT2D eigenvalue weighted by atomic mass is 9.96. The topological polar surface area (TPSA) is 59.7 Å². The van der Waals surface area contributed by atoms with Crippen LogP contribution >= 0.6 is 27.5 Å². The van der Waals surface area contributed by atoms with E-state index in [-0.39, 0.29) is 43.5 Å². The fourth-order valence-corrected chi connectivity index (χ4v) is 4.55. The first kappa shape index (κ1) is 22.5. The highest BCUT2D eigenvalue weighted by molar-refractivity contribution is 9.10. The van der Waals surface area contributed by atoms with Crippen LogP contribution in [0.2, 0.25) is 5.02 Å². The summed E-state index contributed by atoms with van der Waals surface area (Å²) < 4.78 is 68.2. The van der Waals surface area contributed by atoms with Crippen molar-refractivity contribution in [3.05, 3.63) is 56.3 Å². The van der Waals surface area contributed by atoms with Gasteiger partial charge in [-0.3, -0.25) is 4.79 Å². The summed E-state index contributed by atoms with van der Waals surface area (Å²) >= 11 is 9.17. The van der Waals surface area contributed by atoms with E-state index in [9.17, 15) is 32.0 Å². The van der Waals surface area contributed by atoms with Crippen LogP contribution in [0, 0.1) is 17.1 Å². The van der Waals surface area contributed by atoms with E-state index in [4.69, 9.17) is 11.6 Å². The molecule has 2 heterocycles. The highest BCUT2D eigenvalue weighted by Crippen LogP contribution is 2.47. The number of fused-ring (bicyclic) bond motifs is 3. The van der Waals surface area contributed by atoms with E-state index < -0.39 is 43.6 Å². The summed E-state index contributed by atoms with van der Waals surface area (Å²) in [6.45, 7) is -2.64. The SMILES string of the molecule is N#Cc1c(C(=O)c2ccc(F)cc2Cl)c(Br)cc2c1N1CC(F)(F)CN=C1N2CC(F)F. The Labute approximate surface area is 191 Å². The lowest BCUT2D eigenvalue weighted by molar-refractivity contribution is 0.0186. The predicted octanol–water partition coefficient (Wildman–Crippen LogP) is 5.24. The van der Waals surface area contributed by atoms with Crippen LogP contribution in [0.4, 0.5) is 33.3 Å². The highest BCUT2D eigenvalue weighted by Gasteiger charge is 2.46. The lowest BCUT2D eigenvalue weighted by Crippen LogP contribution is -2.51. The number of rotatable bonds is 4. The number of ketones is 1. The van der Waals surface area contributed by atoms with Gasteiger partial charge in [0.05, 0.1) is 40.6 Å². The second kappa shape index (κ2) is 8.01. The molecule has 0 spiro atoms. The van der Waals surface area contributed by atoms with Crippen molar-refractivity contribution in [3.8, 4) is 6.07 Å². The van der Waals surface area contributed by atoms with Crippen molar-refractivity contribution in [1.29, 1.82) is 5.26 Å². The quantitative estimate of drug-likeness (QED) is 0.398. The molecule has 12 heteroatoms. The summed E-state index contributed by atoms with van der Waals surface area (Å²) in [5.74, 6) is -4.87. The number of hydrogen-bond acceptors (Lipinski definition) is 5. The zero-order valence-corrected chi connectivity index (χ0v) is 18.2. The Morgan fingerprint density at radius 1 is 1.34 bits per heavy atom. The molecule has 0 bridgehead atoms. The van der Waals surface area contributed by atoms with Gasteiger partial charge in [0.25, 0.3) is 12.3 Å². The van der Waals surface area contributed by atoms with Crippen molar-refractivity contribution in [2.24, 2.45) is 4.99 Å². The molecule has 2 aromatic carbocycles. The van der Waals surface area contributed by atoms with Gasteiger partial charge >= 0.3 is 0 Å². The number of benzene rings is 2. The van der Waals surface area contributed by atoms with Gasteiger partial charge in [0.2, 0.25) is 5.96 Å². The van der Waals surface area contributed by atoms with Gasteiger partial charge in [-0.15, -0.1) is 0 Å². The molecule has 32 heavy (non-hydrogen) atoms. The van der Waals surface area contributed by atoms with Gasteiger partial charge < -0.3 is 9.80 Å². The Balaban J connectivity index is 1.95. The summed E-state index contributed by atoms with van der Waals surface area (Å²) in [6.07, 6.45) is -2.82. The second-order valence-corrected chi connectivity index (χ2v) is 8.36. The zero-order valence-electron chi connectivity index (χ0n) is 15.9. The van der Waals surface area contributed by atoms with E-state index >= 15 is 0 Å². The summed E-state index contributed by atoms with van der Waals surface area (Å²) in [5.41, 5.74) is -0.748. The smallest absolute Gasteiger partial charge is 0.284 e. The van der Waals surface area contributed by atoms with Crippen LogP contribution in [-0.4, -0.2) is 43.7 Å². The molecule has 0 unspecified atom stereocenters. The van der Waals surface area contributed by atoms with Crippen LogP contribution in [0.25, 0.3) is 0 Å². The number of carbonyl (C=O) groups excluding carboxylic acids is 1. The van der Waals surface area contributed by atoms with Crippen LogP contribution in [0.15, 0.2) is 33.7 Å². The molecule has 166 valence electrons. The molecule has 0 aromatic heterocycles. The van der Waals surface area contributed by atoms with E-state index in [1.165, 1.54) is 6.07 Å². The molecule has 5 nitrogen and oxygen atoms in total. The molecule has 0 N–H and O–H groups in total. The lowest BCUT2D eigenvalue weighted by Gasteiger charge is -2.31. The molecular weight excluding hydrogens is 523 g/mol. The van der Waals surface area contributed by atoms with Crippen molar-refractivity contribution < 1.29 is 26.7 Å². The first-order chi connectivity index (χ1) is 15.0. The number of guanidine groups is 1. The Morgan fingerprint density at radius 2 is 2.06 bits per heavy atom. The van der Waals surface area contributed by atoms with E-state index in [0.29, 0.717) is 0 Å². The largest absolute Gasteiger partial charge is 0.304 e. The maximum Gasteiger partial charge on any atom is 0.284 e. The number of nitrogens with zero attached hydrogens (tertiary/aromatic N) is 4. The number of aliphatic imine (C=N–C) groups is 1. The molecule has 4 rings (SSSR count). The van der Waals surface area contributed by atoms with Gasteiger partial charge in [-0.1, -0.05) is 11.6 Å². The summed E-state index contributed by atoms with van der Waals surface area (Å²) in [4.78, 5) is 19.0. The predicted molar refractivity (Wildman–Crippen MR) is 112 cm³/mol. The van der Waals surface area contributed by atoms with E-state index in [2.05, 4.69) is 20.9 Å². The van der Waals surface area contributed by atoms with E-state index in [1.54, 1.807) is 0 Å². The molecule has 2 aliphatic heterocycles. The van der Waals surface area contributed by atoms with Crippen LogP contribution < -0.4 is 9.80 Å². The number of anilines is 2. The van der Waals surface area contributed by atoms with E-state index in [1.807, 2.05) is 6.07 Å². The zero-order chi connectivity index (χ0) is 23.4. The average molecular weight is 534 g/mol. The van der Waals surface area contributed by atoms with Gasteiger partial charge in [-0.2, -0.15) is 5.26 Å². The highest BCUT2D eigenvalue weighted by atomic mass is 79.9. The second-order valence-electron chi connectivity index (χ2n) is 7.10. The van der Waals surface area contributed by atoms with Crippen molar-refractivity contribution in [2.45, 2.75) is 12.3 Å². The number of carbonyl (C=O) groups is 1. The molecule has 0 saturated heterocycles. The summed E-state index contributed by atoms with van der Waals surface area (Å²) in [5, 5.41) is 9.66. The molecule has 0 fully saturated rings. The number of hydrogen-bond donors (Lipinski definition) is 0. The first-order valence-corrected chi connectivity index (χ1v) is 10.2. The van der Waals surface area contributed by atoms with Crippen LogP contribution in [-0.2, 0) is 0 Å². The Kier molecular flexibility index (Phi) is 5.63. The van der Waals surface area contributed by atoms with Crippen LogP contribution in [0.5, 0.6) is 0 Å². The summed E-state index contributed by atoms with van der Waals surface area (Å²) in [7, 11) is 0. The Hall–Kier alpha value is -2.71.